The highest BCUT2D eigenvalue weighted by Gasteiger charge is 2.28. The van der Waals surface area contributed by atoms with E-state index in [1.807, 2.05) is 4.90 Å². The second-order valence-corrected chi connectivity index (χ2v) is 5.36. The fraction of sp³-hybridized carbons (Fsp3) is 0.400. The molecule has 1 aromatic heterocycles. The number of Topliss-reactive ketones (excluding diaryl/α,β-unsaturated/α-hetero) is 1. The Kier molecular flexibility index (Phi) is 4.42. The van der Waals surface area contributed by atoms with Crippen molar-refractivity contribution >= 4 is 17.6 Å². The molecule has 1 saturated heterocycles. The summed E-state index contributed by atoms with van der Waals surface area (Å²) in [7, 11) is 0. The molecule has 0 N–H and O–H groups in total. The lowest BCUT2D eigenvalue weighted by Crippen LogP contribution is -2.52. The van der Waals surface area contributed by atoms with Gasteiger partial charge in [-0.05, 0) is 18.2 Å². The van der Waals surface area contributed by atoms with Gasteiger partial charge in [0.2, 0.25) is 5.78 Å². The van der Waals surface area contributed by atoms with Crippen LogP contribution in [0.1, 0.15) is 10.6 Å². The van der Waals surface area contributed by atoms with E-state index in [1.54, 1.807) is 17.0 Å². The fourth-order valence-electron chi connectivity index (χ4n) is 2.53. The van der Waals surface area contributed by atoms with Crippen molar-refractivity contribution in [2.45, 2.75) is 6.04 Å². The van der Waals surface area contributed by atoms with Gasteiger partial charge in [-0.25, -0.2) is 0 Å². The molecule has 3 rings (SSSR count). The Morgan fingerprint density at radius 3 is 2.65 bits per heavy atom. The fourth-order valence-corrected chi connectivity index (χ4v) is 2.53. The van der Waals surface area contributed by atoms with Crippen molar-refractivity contribution < 1.29 is 18.8 Å². The highest BCUT2D eigenvalue weighted by atomic mass is 16.3. The monoisotopic (exact) mass is 316 g/mol. The Hall–Kier alpha value is -2.61. The molecule has 2 aliphatic heterocycles. The molecule has 23 heavy (non-hydrogen) atoms. The van der Waals surface area contributed by atoms with Crippen LogP contribution in [0.4, 0.5) is 0 Å². The van der Waals surface area contributed by atoms with Crippen molar-refractivity contribution in [1.82, 2.24) is 9.80 Å². The molecule has 1 unspecified atom stereocenters. The van der Waals surface area contributed by atoms with Crippen LogP contribution in [0.2, 0.25) is 0 Å². The van der Waals surface area contributed by atoms with Crippen LogP contribution in [-0.2, 0) is 9.59 Å². The van der Waals surface area contributed by atoms with Crippen LogP contribution >= 0.6 is 0 Å². The highest BCUT2D eigenvalue weighted by Crippen LogP contribution is 2.11. The molecule has 8 heteroatoms. The number of furan rings is 1. The molecule has 120 valence electrons. The summed E-state index contributed by atoms with van der Waals surface area (Å²) in [6, 6.07) is 2.61. The maximum absolute atomic E-state index is 12.3. The van der Waals surface area contributed by atoms with E-state index in [-0.39, 0.29) is 18.2 Å². The molecule has 1 aromatic rings. The van der Waals surface area contributed by atoms with E-state index in [1.165, 1.54) is 18.4 Å². The molecule has 8 nitrogen and oxygen atoms in total. The molecule has 0 radical (unpaired) electrons. The van der Waals surface area contributed by atoms with Crippen molar-refractivity contribution in [2.75, 3.05) is 32.7 Å². The molecule has 0 aromatic carbocycles. The zero-order chi connectivity index (χ0) is 16.2. The van der Waals surface area contributed by atoms with Crippen molar-refractivity contribution in [3.8, 4) is 0 Å². The number of hydrogen-bond donors (Lipinski definition) is 0. The Morgan fingerprint density at radius 2 is 2.04 bits per heavy atom. The van der Waals surface area contributed by atoms with E-state index in [0.29, 0.717) is 31.9 Å². The summed E-state index contributed by atoms with van der Waals surface area (Å²) in [6.45, 7) is 2.50. The quantitative estimate of drug-likeness (QED) is 0.755. The largest absolute Gasteiger partial charge is 0.461 e. The first kappa shape index (κ1) is 15.3. The number of carbonyl (C=O) groups excluding carboxylic acids is 3. The Labute approximate surface area is 132 Å². The van der Waals surface area contributed by atoms with Gasteiger partial charge in [0.1, 0.15) is 0 Å². The van der Waals surface area contributed by atoms with Crippen molar-refractivity contribution in [3.63, 3.8) is 0 Å². The first-order valence-electron chi connectivity index (χ1n) is 7.34. The first-order valence-corrected chi connectivity index (χ1v) is 7.34. The smallest absolute Gasteiger partial charge is 0.287 e. The number of carbonyl (C=O) groups is 3. The number of hydrogen-bond acceptors (Lipinski definition) is 6. The maximum atomic E-state index is 12.3. The molecule has 1 atom stereocenters. The van der Waals surface area contributed by atoms with Gasteiger partial charge >= 0.3 is 0 Å². The Bertz CT molecular complexity index is 641. The second-order valence-electron chi connectivity index (χ2n) is 5.36. The van der Waals surface area contributed by atoms with Crippen LogP contribution in [-0.4, -0.2) is 66.2 Å². The summed E-state index contributed by atoms with van der Waals surface area (Å²) in [5.74, 6) is -0.344. The van der Waals surface area contributed by atoms with Crippen LogP contribution in [0.25, 0.3) is 0 Å². The number of ketones is 1. The predicted octanol–water partition coefficient (Wildman–Crippen LogP) is 0.524. The number of piperazine rings is 1. The molecular weight excluding hydrogens is 300 g/mol. The number of nitrogens with zero attached hydrogens (tertiary/aromatic N) is 4. The minimum atomic E-state index is -0.719. The van der Waals surface area contributed by atoms with Crippen molar-refractivity contribution in [3.05, 3.63) is 36.3 Å². The Balaban J connectivity index is 1.49. The SMILES string of the molecule is O=C1C=CC(C(=O)N2CCN(CC(=O)c3ccco3)CC2)N=N1. The lowest BCUT2D eigenvalue weighted by Gasteiger charge is -2.34. The minimum absolute atomic E-state index is 0.0719. The minimum Gasteiger partial charge on any atom is -0.461 e. The Morgan fingerprint density at radius 1 is 1.26 bits per heavy atom. The number of azo groups is 1. The van der Waals surface area contributed by atoms with E-state index >= 15 is 0 Å². The van der Waals surface area contributed by atoms with Gasteiger partial charge in [-0.15, -0.1) is 5.11 Å². The van der Waals surface area contributed by atoms with Crippen LogP contribution < -0.4 is 0 Å². The zero-order valence-corrected chi connectivity index (χ0v) is 12.4. The summed E-state index contributed by atoms with van der Waals surface area (Å²) in [4.78, 5) is 38.9. The van der Waals surface area contributed by atoms with E-state index in [0.717, 1.165) is 0 Å². The van der Waals surface area contributed by atoms with Gasteiger partial charge in [0.05, 0.1) is 12.8 Å². The number of amides is 2. The van der Waals surface area contributed by atoms with Crippen molar-refractivity contribution in [2.24, 2.45) is 10.2 Å². The molecule has 3 heterocycles. The molecule has 0 aliphatic carbocycles. The third-order valence-electron chi connectivity index (χ3n) is 3.80. The van der Waals surface area contributed by atoms with Gasteiger partial charge in [-0.2, -0.15) is 5.11 Å². The standard InChI is InChI=1S/C15H16N4O4/c20-12(13-2-1-9-23-13)10-18-5-7-19(8-6-18)15(22)11-3-4-14(21)17-16-11/h1-4,9,11H,5-8,10H2. The molecule has 1 fully saturated rings. The summed E-state index contributed by atoms with van der Waals surface area (Å²) >= 11 is 0. The van der Waals surface area contributed by atoms with Gasteiger partial charge in [0, 0.05) is 32.3 Å². The van der Waals surface area contributed by atoms with Gasteiger partial charge in [0.25, 0.3) is 11.8 Å². The number of rotatable bonds is 4. The van der Waals surface area contributed by atoms with E-state index in [4.69, 9.17) is 4.42 Å². The normalized spacial score (nSPS) is 21.7. The third kappa shape index (κ3) is 3.59. The molecule has 0 bridgehead atoms. The molecular formula is C15H16N4O4. The van der Waals surface area contributed by atoms with Crippen LogP contribution in [0.3, 0.4) is 0 Å². The third-order valence-corrected chi connectivity index (χ3v) is 3.80. The van der Waals surface area contributed by atoms with Crippen molar-refractivity contribution in [1.29, 1.82) is 0 Å². The van der Waals surface area contributed by atoms with E-state index < -0.39 is 11.9 Å². The van der Waals surface area contributed by atoms with Gasteiger partial charge in [0.15, 0.2) is 11.8 Å². The van der Waals surface area contributed by atoms with Crippen LogP contribution in [0, 0.1) is 0 Å². The predicted molar refractivity (Wildman–Crippen MR) is 78.8 cm³/mol. The van der Waals surface area contributed by atoms with E-state index in [2.05, 4.69) is 10.2 Å². The molecule has 0 saturated carbocycles. The lowest BCUT2D eigenvalue weighted by molar-refractivity contribution is -0.133. The van der Waals surface area contributed by atoms with Crippen LogP contribution in [0.15, 0.2) is 45.2 Å². The molecule has 2 aliphatic rings. The second kappa shape index (κ2) is 6.66. The summed E-state index contributed by atoms with van der Waals surface area (Å²) in [6.07, 6.45) is 4.19. The van der Waals surface area contributed by atoms with Gasteiger partial charge < -0.3 is 9.32 Å². The van der Waals surface area contributed by atoms with Gasteiger partial charge in [-0.3, -0.25) is 19.3 Å². The van der Waals surface area contributed by atoms with E-state index in [9.17, 15) is 14.4 Å². The summed E-state index contributed by atoms with van der Waals surface area (Å²) in [5, 5.41) is 7.10. The summed E-state index contributed by atoms with van der Waals surface area (Å²) in [5.41, 5.74) is 0. The first-order chi connectivity index (χ1) is 11.1. The maximum Gasteiger partial charge on any atom is 0.287 e. The zero-order valence-electron chi connectivity index (χ0n) is 12.4. The molecule has 0 spiro atoms. The topological polar surface area (TPSA) is 95.6 Å². The highest BCUT2D eigenvalue weighted by molar-refractivity contribution is 5.95. The average Bonchev–Trinajstić information content (AvgIpc) is 3.10. The average molecular weight is 316 g/mol. The summed E-state index contributed by atoms with van der Waals surface area (Å²) < 4.78 is 5.09. The molecule has 2 amide bonds. The van der Waals surface area contributed by atoms with Gasteiger partial charge in [-0.1, -0.05) is 0 Å². The lowest BCUT2D eigenvalue weighted by atomic mass is 10.2. The van der Waals surface area contributed by atoms with Crippen LogP contribution in [0.5, 0.6) is 0 Å².